The molecule has 3 rings (SSSR count). The maximum atomic E-state index is 13.4. The molecule has 1 fully saturated rings. The Morgan fingerprint density at radius 3 is 2.39 bits per heavy atom. The van der Waals surface area contributed by atoms with Crippen molar-refractivity contribution >= 4 is 11.7 Å². The monoisotopic (exact) mass is 462 g/mol. The lowest BCUT2D eigenvalue weighted by Crippen LogP contribution is -2.36. The number of hydrogen-bond acceptors (Lipinski definition) is 6. The summed E-state index contributed by atoms with van der Waals surface area (Å²) >= 11 is 0. The number of piperidine rings is 1. The maximum absolute atomic E-state index is 13.4. The summed E-state index contributed by atoms with van der Waals surface area (Å²) in [5.41, 5.74) is 17.4. The molecule has 1 saturated heterocycles. The molecule has 0 saturated carbocycles. The van der Waals surface area contributed by atoms with Gasteiger partial charge in [-0.15, -0.1) is 0 Å². The molecule has 8 N–H and O–H groups in total. The minimum absolute atomic E-state index is 0.0177. The first kappa shape index (κ1) is 23.8. The van der Waals surface area contributed by atoms with Crippen LogP contribution in [0.5, 0.6) is 5.75 Å². The predicted octanol–water partition coefficient (Wildman–Crippen LogP) is 3.37. The minimum atomic E-state index is -4.79. The highest BCUT2D eigenvalue weighted by Crippen LogP contribution is 2.37. The van der Waals surface area contributed by atoms with Crippen molar-refractivity contribution in [1.29, 1.82) is 0 Å². The van der Waals surface area contributed by atoms with Crippen molar-refractivity contribution in [2.75, 3.05) is 13.1 Å². The van der Waals surface area contributed by atoms with E-state index < -0.39 is 23.3 Å². The number of para-hydroxylation sites is 1. The van der Waals surface area contributed by atoms with Gasteiger partial charge in [0.2, 0.25) is 0 Å². The fraction of sp³-hybridized carbons (Fsp3) is 0.261. The third kappa shape index (κ3) is 5.33. The van der Waals surface area contributed by atoms with Gasteiger partial charge in [-0.05, 0) is 48.7 Å². The second-order valence-electron chi connectivity index (χ2n) is 7.85. The Balaban J connectivity index is 1.92. The summed E-state index contributed by atoms with van der Waals surface area (Å²) in [6.45, 7) is 0.856. The number of nitrogens with zero attached hydrogens (tertiary/aromatic N) is 1. The van der Waals surface area contributed by atoms with Gasteiger partial charge in [-0.2, -0.15) is 13.2 Å². The Morgan fingerprint density at radius 1 is 1.09 bits per heavy atom. The van der Waals surface area contributed by atoms with E-state index in [2.05, 4.69) is 0 Å². The van der Waals surface area contributed by atoms with Crippen LogP contribution in [0.15, 0.2) is 60.1 Å². The van der Waals surface area contributed by atoms with E-state index in [1.54, 1.807) is 18.2 Å². The summed E-state index contributed by atoms with van der Waals surface area (Å²) in [5, 5.41) is 19.2. The van der Waals surface area contributed by atoms with Crippen LogP contribution in [0.3, 0.4) is 0 Å². The van der Waals surface area contributed by atoms with Gasteiger partial charge >= 0.3 is 12.1 Å². The van der Waals surface area contributed by atoms with Gasteiger partial charge in [-0.25, -0.2) is 4.79 Å². The number of carboxylic acids is 1. The summed E-state index contributed by atoms with van der Waals surface area (Å²) in [6, 6.07) is 9.78. The zero-order valence-electron chi connectivity index (χ0n) is 17.6. The molecule has 10 heteroatoms. The summed E-state index contributed by atoms with van der Waals surface area (Å²) in [6.07, 6.45) is -2.01. The highest BCUT2D eigenvalue weighted by Gasteiger charge is 2.36. The van der Waals surface area contributed by atoms with E-state index in [1.165, 1.54) is 18.2 Å². The zero-order chi connectivity index (χ0) is 24.3. The highest BCUT2D eigenvalue weighted by molar-refractivity contribution is 5.89. The van der Waals surface area contributed by atoms with Crippen molar-refractivity contribution in [3.63, 3.8) is 0 Å². The number of aromatic carboxylic acids is 1. The minimum Gasteiger partial charge on any atom is -0.507 e. The molecular formula is C23H25F3N4O3. The molecule has 0 amide bonds. The number of phenolic OH excluding ortho intramolecular Hbond substituents is 1. The van der Waals surface area contributed by atoms with Gasteiger partial charge in [0.1, 0.15) is 11.6 Å². The van der Waals surface area contributed by atoms with E-state index in [9.17, 15) is 23.1 Å². The van der Waals surface area contributed by atoms with Crippen LogP contribution >= 0.6 is 0 Å². The smallest absolute Gasteiger partial charge is 0.417 e. The molecule has 33 heavy (non-hydrogen) atoms. The number of carbonyl (C=O) groups is 1. The van der Waals surface area contributed by atoms with Crippen LogP contribution in [0.25, 0.3) is 5.70 Å². The number of nitrogens with two attached hydrogens (primary N) is 3. The first-order valence-electron chi connectivity index (χ1n) is 10.2. The molecule has 2 aromatic rings. The molecule has 1 heterocycles. The van der Waals surface area contributed by atoms with Crippen molar-refractivity contribution in [3.05, 3.63) is 82.3 Å². The van der Waals surface area contributed by atoms with E-state index in [0.29, 0.717) is 42.8 Å². The van der Waals surface area contributed by atoms with Gasteiger partial charge in [0.05, 0.1) is 16.8 Å². The summed E-state index contributed by atoms with van der Waals surface area (Å²) in [4.78, 5) is 13.1. The number of halogens is 3. The van der Waals surface area contributed by atoms with Crippen LogP contribution in [0.2, 0.25) is 0 Å². The van der Waals surface area contributed by atoms with Crippen molar-refractivity contribution in [1.82, 2.24) is 4.90 Å². The van der Waals surface area contributed by atoms with Gasteiger partial charge in [0.15, 0.2) is 0 Å². The van der Waals surface area contributed by atoms with E-state index in [1.807, 2.05) is 4.90 Å². The number of aromatic hydroxyl groups is 1. The molecule has 0 radical (unpaired) electrons. The van der Waals surface area contributed by atoms with Crippen LogP contribution in [0, 0.1) is 0 Å². The predicted molar refractivity (Wildman–Crippen MR) is 118 cm³/mol. The topological polar surface area (TPSA) is 139 Å². The SMILES string of the molecule is NC(N)=C(/C=C(\N)c1ccccc1O)N1CCCC(c2ccc(C(=O)O)c(C(F)(F)F)c2)C1. The molecule has 1 atom stereocenters. The van der Waals surface area contributed by atoms with Crippen LogP contribution in [-0.2, 0) is 6.18 Å². The maximum Gasteiger partial charge on any atom is 0.417 e. The summed E-state index contributed by atoms with van der Waals surface area (Å²) in [5.74, 6) is -1.98. The molecule has 176 valence electrons. The lowest BCUT2D eigenvalue weighted by atomic mass is 9.88. The highest BCUT2D eigenvalue weighted by atomic mass is 19.4. The molecule has 7 nitrogen and oxygen atoms in total. The Morgan fingerprint density at radius 2 is 1.79 bits per heavy atom. The molecule has 1 aliphatic rings. The fourth-order valence-corrected chi connectivity index (χ4v) is 4.00. The van der Waals surface area contributed by atoms with Gasteiger partial charge < -0.3 is 32.3 Å². The van der Waals surface area contributed by atoms with Gasteiger partial charge in [0, 0.05) is 30.3 Å². The van der Waals surface area contributed by atoms with Crippen LogP contribution < -0.4 is 17.2 Å². The number of phenols is 1. The molecule has 2 aromatic carbocycles. The summed E-state index contributed by atoms with van der Waals surface area (Å²) < 4.78 is 40.3. The molecular weight excluding hydrogens is 437 g/mol. The average Bonchev–Trinajstić information content (AvgIpc) is 2.76. The normalized spacial score (nSPS) is 17.0. The van der Waals surface area contributed by atoms with Crippen LogP contribution in [0.4, 0.5) is 13.2 Å². The second-order valence-corrected chi connectivity index (χ2v) is 7.85. The molecule has 1 aliphatic heterocycles. The van der Waals surface area contributed by atoms with E-state index in [-0.39, 0.29) is 23.2 Å². The average molecular weight is 462 g/mol. The number of hydrogen-bond donors (Lipinski definition) is 5. The van der Waals surface area contributed by atoms with E-state index in [4.69, 9.17) is 22.3 Å². The first-order chi connectivity index (χ1) is 15.5. The van der Waals surface area contributed by atoms with Crippen LogP contribution in [-0.4, -0.2) is 34.2 Å². The second kappa shape index (κ2) is 9.35. The number of rotatable bonds is 5. The quantitative estimate of drug-likeness (QED) is 0.429. The number of likely N-dealkylation sites (tertiary alicyclic amines) is 1. The van der Waals surface area contributed by atoms with Gasteiger partial charge in [-0.3, -0.25) is 0 Å². The van der Waals surface area contributed by atoms with Gasteiger partial charge in [-0.1, -0.05) is 18.2 Å². The number of carboxylic acid groups (broad SMARTS) is 1. The Hall–Kier alpha value is -3.82. The van der Waals surface area contributed by atoms with E-state index >= 15 is 0 Å². The first-order valence-corrected chi connectivity index (χ1v) is 10.2. The van der Waals surface area contributed by atoms with Crippen LogP contribution in [0.1, 0.15) is 45.8 Å². The van der Waals surface area contributed by atoms with Crippen molar-refractivity contribution in [2.24, 2.45) is 17.2 Å². The fourth-order valence-electron chi connectivity index (χ4n) is 4.00. The van der Waals surface area contributed by atoms with E-state index in [0.717, 1.165) is 12.1 Å². The van der Waals surface area contributed by atoms with Gasteiger partial charge in [0.25, 0.3) is 0 Å². The number of benzene rings is 2. The lowest BCUT2D eigenvalue weighted by molar-refractivity contribution is -0.138. The number of alkyl halides is 3. The summed E-state index contributed by atoms with van der Waals surface area (Å²) in [7, 11) is 0. The van der Waals surface area contributed by atoms with Crippen molar-refractivity contribution in [3.8, 4) is 5.75 Å². The third-order valence-electron chi connectivity index (χ3n) is 5.62. The lowest BCUT2D eigenvalue weighted by Gasteiger charge is -2.36. The number of allylic oxidation sites excluding steroid dienone is 1. The standard InChI is InChI=1S/C23H25F3N4O3/c24-23(25,26)17-10-13(7-8-15(17)22(32)33)14-4-3-9-30(12-14)19(21(28)29)11-18(27)16-5-1-2-6-20(16)31/h1-2,5-8,10-11,14,31H,3-4,9,12,27-29H2,(H,32,33)/b18-11-. The molecule has 0 bridgehead atoms. The van der Waals surface area contributed by atoms with Crippen molar-refractivity contribution in [2.45, 2.75) is 24.9 Å². The zero-order valence-corrected chi connectivity index (χ0v) is 17.6. The largest absolute Gasteiger partial charge is 0.507 e. The Labute approximate surface area is 188 Å². The Kier molecular flexibility index (Phi) is 6.75. The third-order valence-corrected chi connectivity index (χ3v) is 5.62. The Bertz CT molecular complexity index is 1110. The molecule has 1 unspecified atom stereocenters. The molecule has 0 aliphatic carbocycles. The molecule has 0 spiro atoms. The molecule has 0 aromatic heterocycles. The van der Waals surface area contributed by atoms with Crippen molar-refractivity contribution < 1.29 is 28.2 Å².